The van der Waals surface area contributed by atoms with E-state index in [4.69, 9.17) is 11.0 Å². The van der Waals surface area contributed by atoms with E-state index in [-0.39, 0.29) is 17.9 Å². The van der Waals surface area contributed by atoms with Crippen molar-refractivity contribution >= 4 is 5.97 Å². The van der Waals surface area contributed by atoms with Crippen LogP contribution in [0.3, 0.4) is 0 Å². The fraction of sp³-hybridized carbons (Fsp3) is 0.429. The van der Waals surface area contributed by atoms with Crippen molar-refractivity contribution in [1.29, 1.82) is 5.26 Å². The highest BCUT2D eigenvalue weighted by atomic mass is 16.5. The van der Waals surface area contributed by atoms with Crippen LogP contribution in [0.2, 0.25) is 0 Å². The Bertz CT molecular complexity index is 240. The molecule has 0 aliphatic rings. The molecule has 0 aliphatic heterocycles. The van der Waals surface area contributed by atoms with Gasteiger partial charge in [-0.3, -0.25) is 0 Å². The minimum absolute atomic E-state index is 0.0397. The van der Waals surface area contributed by atoms with E-state index in [1.807, 2.05) is 0 Å². The van der Waals surface area contributed by atoms with E-state index < -0.39 is 5.97 Å². The molecule has 0 aromatic rings. The predicted octanol–water partition coefficient (Wildman–Crippen LogP) is -0.458. The molecule has 0 atom stereocenters. The van der Waals surface area contributed by atoms with Gasteiger partial charge in [0.1, 0.15) is 6.07 Å². The molecule has 0 saturated carbocycles. The Hall–Kier alpha value is -1.54. The molecule has 0 fully saturated rings. The second kappa shape index (κ2) is 5.16. The first-order valence-corrected chi connectivity index (χ1v) is 3.13. The van der Waals surface area contributed by atoms with Crippen molar-refractivity contribution in [2.24, 2.45) is 5.73 Å². The van der Waals surface area contributed by atoms with Crippen LogP contribution in [0.1, 0.15) is 0 Å². The molecular formula is C7H10N2O3. The number of methoxy groups -OCH3 is 2. The molecule has 5 heteroatoms. The van der Waals surface area contributed by atoms with Crippen LogP contribution in [0.5, 0.6) is 0 Å². The molecule has 0 heterocycles. The van der Waals surface area contributed by atoms with E-state index in [0.717, 1.165) is 0 Å². The van der Waals surface area contributed by atoms with E-state index in [1.54, 1.807) is 6.07 Å². The van der Waals surface area contributed by atoms with Crippen molar-refractivity contribution in [3.05, 3.63) is 11.3 Å². The molecule has 0 aliphatic carbocycles. The lowest BCUT2D eigenvalue weighted by atomic mass is 10.2. The van der Waals surface area contributed by atoms with Crippen LogP contribution in [-0.4, -0.2) is 26.8 Å². The second-order valence-corrected chi connectivity index (χ2v) is 1.94. The summed E-state index contributed by atoms with van der Waals surface area (Å²) >= 11 is 0. The third-order valence-electron chi connectivity index (χ3n) is 1.12. The van der Waals surface area contributed by atoms with Gasteiger partial charge in [0.2, 0.25) is 0 Å². The van der Waals surface area contributed by atoms with Crippen molar-refractivity contribution in [3.8, 4) is 6.07 Å². The Balaban J connectivity index is 4.64. The molecule has 12 heavy (non-hydrogen) atoms. The molecule has 0 spiro atoms. The van der Waals surface area contributed by atoms with Gasteiger partial charge in [-0.25, -0.2) is 4.79 Å². The number of hydrogen-bond donors (Lipinski definition) is 1. The van der Waals surface area contributed by atoms with Crippen LogP contribution in [0.4, 0.5) is 0 Å². The van der Waals surface area contributed by atoms with Gasteiger partial charge in [-0.15, -0.1) is 0 Å². The molecule has 5 nitrogen and oxygen atoms in total. The normalized spacial score (nSPS) is 11.4. The summed E-state index contributed by atoms with van der Waals surface area (Å²) in [5, 5.41) is 8.48. The first-order valence-electron chi connectivity index (χ1n) is 3.13. The zero-order chi connectivity index (χ0) is 9.56. The molecule has 0 aromatic heterocycles. The molecule has 0 saturated heterocycles. The molecule has 2 N–H and O–H groups in total. The van der Waals surface area contributed by atoms with Crippen LogP contribution in [0.15, 0.2) is 11.3 Å². The Kier molecular flexibility index (Phi) is 4.49. The van der Waals surface area contributed by atoms with Gasteiger partial charge in [0.15, 0.2) is 5.57 Å². The summed E-state index contributed by atoms with van der Waals surface area (Å²) in [4.78, 5) is 10.8. The number of esters is 1. The lowest BCUT2D eigenvalue weighted by Gasteiger charge is -2.01. The Labute approximate surface area is 70.4 Å². The summed E-state index contributed by atoms with van der Waals surface area (Å²) in [7, 11) is 2.60. The maximum Gasteiger partial charge on any atom is 0.350 e. The fourth-order valence-electron chi connectivity index (χ4n) is 0.578. The van der Waals surface area contributed by atoms with E-state index in [2.05, 4.69) is 9.47 Å². The SMILES string of the molecule is COC/C(N)=C(\C#N)C(=O)OC. The Morgan fingerprint density at radius 2 is 2.17 bits per heavy atom. The van der Waals surface area contributed by atoms with Gasteiger partial charge in [0, 0.05) is 7.11 Å². The van der Waals surface area contributed by atoms with Gasteiger partial charge < -0.3 is 15.2 Å². The zero-order valence-electron chi connectivity index (χ0n) is 6.96. The number of nitrogens with zero attached hydrogens (tertiary/aromatic N) is 1. The van der Waals surface area contributed by atoms with Crippen molar-refractivity contribution in [3.63, 3.8) is 0 Å². The summed E-state index contributed by atoms with van der Waals surface area (Å²) in [5.41, 5.74) is 5.21. The maximum atomic E-state index is 10.8. The number of rotatable bonds is 3. The molecule has 0 amide bonds. The first-order chi connectivity index (χ1) is 5.67. The number of hydrogen-bond acceptors (Lipinski definition) is 5. The summed E-state index contributed by atoms with van der Waals surface area (Å²) < 4.78 is 8.96. The predicted molar refractivity (Wildman–Crippen MR) is 40.7 cm³/mol. The lowest BCUT2D eigenvalue weighted by Crippen LogP contribution is -2.14. The smallest absolute Gasteiger partial charge is 0.350 e. The highest BCUT2D eigenvalue weighted by Crippen LogP contribution is 2.00. The number of nitriles is 1. The monoisotopic (exact) mass is 170 g/mol. The van der Waals surface area contributed by atoms with Crippen molar-refractivity contribution in [2.45, 2.75) is 0 Å². The van der Waals surface area contributed by atoms with E-state index in [0.29, 0.717) is 0 Å². The Morgan fingerprint density at radius 3 is 2.50 bits per heavy atom. The standard InChI is InChI=1S/C7H10N2O3/c1-11-4-6(9)5(3-8)7(10)12-2/h4,9H2,1-2H3/b6-5-. The summed E-state index contributed by atoms with van der Waals surface area (Å²) in [6, 6.07) is 1.64. The minimum Gasteiger partial charge on any atom is -0.465 e. The van der Waals surface area contributed by atoms with Crippen LogP contribution in [0.25, 0.3) is 0 Å². The average Bonchev–Trinajstić information content (AvgIpc) is 2.06. The van der Waals surface area contributed by atoms with Crippen molar-refractivity contribution < 1.29 is 14.3 Å². The number of ether oxygens (including phenoxy) is 2. The van der Waals surface area contributed by atoms with E-state index >= 15 is 0 Å². The van der Waals surface area contributed by atoms with Crippen LogP contribution in [-0.2, 0) is 14.3 Å². The number of carbonyl (C=O) groups excluding carboxylic acids is 1. The third-order valence-corrected chi connectivity index (χ3v) is 1.12. The first kappa shape index (κ1) is 10.5. The van der Waals surface area contributed by atoms with Crippen LogP contribution < -0.4 is 5.73 Å². The molecule has 0 radical (unpaired) electrons. The molecule has 0 rings (SSSR count). The van der Waals surface area contributed by atoms with Gasteiger partial charge in [0.25, 0.3) is 0 Å². The summed E-state index contributed by atoms with van der Waals surface area (Å²) in [5.74, 6) is -0.743. The molecule has 0 aromatic carbocycles. The van der Waals surface area contributed by atoms with Gasteiger partial charge in [0.05, 0.1) is 19.4 Å². The highest BCUT2D eigenvalue weighted by molar-refractivity contribution is 5.93. The minimum atomic E-state index is -0.743. The van der Waals surface area contributed by atoms with Gasteiger partial charge in [-0.05, 0) is 0 Å². The molecule has 66 valence electrons. The Morgan fingerprint density at radius 1 is 1.58 bits per heavy atom. The van der Waals surface area contributed by atoms with Crippen molar-refractivity contribution in [1.82, 2.24) is 0 Å². The number of nitrogens with two attached hydrogens (primary N) is 1. The van der Waals surface area contributed by atoms with Gasteiger partial charge >= 0.3 is 5.97 Å². The summed E-state index contributed by atoms with van der Waals surface area (Å²) in [6.45, 7) is 0.0397. The summed E-state index contributed by atoms with van der Waals surface area (Å²) in [6.07, 6.45) is 0. The number of carbonyl (C=O) groups is 1. The topological polar surface area (TPSA) is 85.3 Å². The van der Waals surface area contributed by atoms with Gasteiger partial charge in [-0.2, -0.15) is 5.26 Å². The van der Waals surface area contributed by atoms with Crippen molar-refractivity contribution in [2.75, 3.05) is 20.8 Å². The quantitative estimate of drug-likeness (QED) is 0.352. The molecular weight excluding hydrogens is 160 g/mol. The lowest BCUT2D eigenvalue weighted by molar-refractivity contribution is -0.135. The maximum absolute atomic E-state index is 10.8. The van der Waals surface area contributed by atoms with Crippen LogP contribution >= 0.6 is 0 Å². The van der Waals surface area contributed by atoms with Crippen LogP contribution in [0, 0.1) is 11.3 Å². The van der Waals surface area contributed by atoms with Gasteiger partial charge in [-0.1, -0.05) is 0 Å². The average molecular weight is 170 g/mol. The fourth-order valence-corrected chi connectivity index (χ4v) is 0.578. The third kappa shape index (κ3) is 2.60. The van der Waals surface area contributed by atoms with E-state index in [9.17, 15) is 4.79 Å². The second-order valence-electron chi connectivity index (χ2n) is 1.94. The van der Waals surface area contributed by atoms with E-state index in [1.165, 1.54) is 14.2 Å². The molecule has 0 bridgehead atoms. The zero-order valence-corrected chi connectivity index (χ0v) is 6.96. The molecule has 0 unspecified atom stereocenters. The highest BCUT2D eigenvalue weighted by Gasteiger charge is 2.12. The largest absolute Gasteiger partial charge is 0.465 e.